The van der Waals surface area contributed by atoms with Crippen LogP contribution in [0.15, 0.2) is 18.2 Å². The van der Waals surface area contributed by atoms with Crippen LogP contribution in [0.25, 0.3) is 0 Å². The van der Waals surface area contributed by atoms with Crippen LogP contribution in [0.4, 0.5) is 14.9 Å². The van der Waals surface area contributed by atoms with Crippen LogP contribution in [-0.4, -0.2) is 31.1 Å². The number of hydrogen-bond donors (Lipinski definition) is 2. The second kappa shape index (κ2) is 6.08. The van der Waals surface area contributed by atoms with Gasteiger partial charge in [0.2, 0.25) is 0 Å². The Labute approximate surface area is 101 Å². The smallest absolute Gasteiger partial charge is 0.317 e. The maximum absolute atomic E-state index is 12.5. The summed E-state index contributed by atoms with van der Waals surface area (Å²) in [4.78, 5) is 12.3. The Balaban J connectivity index is 0.000000171. The normalized spacial score (nSPS) is 14.8. The number of hydrogen-bond acceptors (Lipinski definition) is 2. The van der Waals surface area contributed by atoms with E-state index in [2.05, 4.69) is 5.32 Å². The molecule has 5 heteroatoms. The van der Waals surface area contributed by atoms with Gasteiger partial charge in [-0.2, -0.15) is 0 Å². The number of aryl methyl sites for hydroxylation is 1. The van der Waals surface area contributed by atoms with Crippen molar-refractivity contribution >= 4 is 11.7 Å². The number of rotatable bonds is 0. The summed E-state index contributed by atoms with van der Waals surface area (Å²) >= 11 is 0. The Hall–Kier alpha value is -1.78. The first kappa shape index (κ1) is 13.3. The topological polar surface area (TPSA) is 58.4 Å². The maximum Gasteiger partial charge on any atom is 0.317 e. The lowest BCUT2D eigenvalue weighted by Gasteiger charge is -2.22. The van der Waals surface area contributed by atoms with Crippen molar-refractivity contribution < 1.29 is 9.18 Å². The number of nitrogens with zero attached hydrogens (tertiary/aromatic N) is 1. The van der Waals surface area contributed by atoms with Gasteiger partial charge in [-0.3, -0.25) is 0 Å². The Bertz CT molecular complexity index is 395. The summed E-state index contributed by atoms with van der Waals surface area (Å²) in [7, 11) is 1.80. The minimum atomic E-state index is -0.338. The molecule has 0 aliphatic carbocycles. The van der Waals surface area contributed by atoms with Gasteiger partial charge in [-0.15, -0.1) is 0 Å². The largest absolute Gasteiger partial charge is 0.396 e. The number of urea groups is 1. The molecule has 1 aliphatic rings. The van der Waals surface area contributed by atoms with E-state index in [9.17, 15) is 9.18 Å². The zero-order chi connectivity index (χ0) is 12.8. The van der Waals surface area contributed by atoms with Crippen molar-refractivity contribution in [3.8, 4) is 0 Å². The monoisotopic (exact) mass is 239 g/mol. The summed E-state index contributed by atoms with van der Waals surface area (Å²) in [5.41, 5.74) is 6.31. The van der Waals surface area contributed by atoms with E-state index in [-0.39, 0.29) is 17.5 Å². The molecule has 0 unspecified atom stereocenters. The summed E-state index contributed by atoms with van der Waals surface area (Å²) in [5, 5.41) is 2.72. The highest BCUT2D eigenvalue weighted by molar-refractivity contribution is 5.74. The number of carbonyl (C=O) groups is 1. The van der Waals surface area contributed by atoms with Crippen LogP contribution in [0, 0.1) is 12.7 Å². The van der Waals surface area contributed by atoms with Gasteiger partial charge >= 0.3 is 6.03 Å². The van der Waals surface area contributed by atoms with E-state index in [1.165, 1.54) is 6.07 Å². The fourth-order valence-electron chi connectivity index (χ4n) is 1.38. The summed E-state index contributed by atoms with van der Waals surface area (Å²) in [5.74, 6) is -0.338. The summed E-state index contributed by atoms with van der Waals surface area (Å²) in [6, 6.07) is 4.80. The first-order chi connectivity index (χ1) is 8.00. The van der Waals surface area contributed by atoms with Crippen molar-refractivity contribution in [1.82, 2.24) is 10.2 Å². The Morgan fingerprint density at radius 3 is 2.59 bits per heavy atom. The minimum Gasteiger partial charge on any atom is -0.396 e. The number of nitrogens with one attached hydrogen (secondary N) is 1. The predicted octanol–water partition coefficient (Wildman–Crippen LogP) is 1.75. The van der Waals surface area contributed by atoms with Crippen LogP contribution < -0.4 is 11.1 Å². The molecule has 1 aliphatic heterocycles. The highest BCUT2D eigenvalue weighted by Crippen LogP contribution is 2.10. The molecule has 2 rings (SSSR count). The molecule has 17 heavy (non-hydrogen) atoms. The lowest BCUT2D eigenvalue weighted by Crippen LogP contribution is -2.43. The van der Waals surface area contributed by atoms with Crippen molar-refractivity contribution in [2.75, 3.05) is 25.9 Å². The van der Waals surface area contributed by atoms with Crippen molar-refractivity contribution in [1.29, 1.82) is 0 Å². The third-order valence-corrected chi connectivity index (χ3v) is 2.45. The van der Waals surface area contributed by atoms with Crippen molar-refractivity contribution in [3.05, 3.63) is 29.6 Å². The van der Waals surface area contributed by atoms with E-state index in [1.54, 1.807) is 24.1 Å². The van der Waals surface area contributed by atoms with Crippen LogP contribution in [0.1, 0.15) is 12.0 Å². The van der Waals surface area contributed by atoms with Crippen LogP contribution in [0.5, 0.6) is 0 Å². The molecule has 94 valence electrons. The van der Waals surface area contributed by atoms with E-state index in [0.29, 0.717) is 0 Å². The molecule has 4 nitrogen and oxygen atoms in total. The average molecular weight is 239 g/mol. The molecule has 1 saturated heterocycles. The second-order valence-electron chi connectivity index (χ2n) is 4.03. The summed E-state index contributed by atoms with van der Waals surface area (Å²) in [6.45, 7) is 3.55. The first-order valence-corrected chi connectivity index (χ1v) is 5.51. The van der Waals surface area contributed by atoms with E-state index in [1.807, 2.05) is 6.92 Å². The van der Waals surface area contributed by atoms with Gasteiger partial charge in [-0.05, 0) is 31.0 Å². The van der Waals surface area contributed by atoms with Gasteiger partial charge in [-0.25, -0.2) is 9.18 Å². The number of carbonyl (C=O) groups excluding carboxylic acids is 1. The van der Waals surface area contributed by atoms with E-state index >= 15 is 0 Å². The first-order valence-electron chi connectivity index (χ1n) is 5.51. The standard InChI is InChI=1S/C7H8FN.C5H10N2O/c1-5-2-3-7(9)6(8)4-5;1-7-4-2-3-6-5(7)8/h2-4H,9H2,1H3;2-4H2,1H3,(H,6,8). The zero-order valence-electron chi connectivity index (χ0n) is 10.2. The zero-order valence-corrected chi connectivity index (χ0v) is 10.2. The molecule has 0 spiro atoms. The molecular weight excluding hydrogens is 221 g/mol. The van der Waals surface area contributed by atoms with Gasteiger partial charge < -0.3 is 16.0 Å². The number of benzene rings is 1. The van der Waals surface area contributed by atoms with Gasteiger partial charge in [0.25, 0.3) is 0 Å². The third-order valence-electron chi connectivity index (χ3n) is 2.45. The Morgan fingerprint density at radius 2 is 2.18 bits per heavy atom. The molecule has 1 aromatic rings. The Kier molecular flexibility index (Phi) is 4.75. The highest BCUT2D eigenvalue weighted by atomic mass is 19.1. The van der Waals surface area contributed by atoms with Gasteiger partial charge in [0, 0.05) is 20.1 Å². The maximum atomic E-state index is 12.5. The highest BCUT2D eigenvalue weighted by Gasteiger charge is 2.10. The van der Waals surface area contributed by atoms with Crippen molar-refractivity contribution in [3.63, 3.8) is 0 Å². The lowest BCUT2D eigenvalue weighted by atomic mass is 10.2. The van der Waals surface area contributed by atoms with Crippen LogP contribution in [-0.2, 0) is 0 Å². The van der Waals surface area contributed by atoms with Gasteiger partial charge in [0.15, 0.2) is 0 Å². The number of halogens is 1. The lowest BCUT2D eigenvalue weighted by molar-refractivity contribution is 0.199. The molecule has 0 atom stereocenters. The Morgan fingerprint density at radius 1 is 1.47 bits per heavy atom. The number of anilines is 1. The molecular formula is C12H18FN3O. The molecule has 2 amide bonds. The molecule has 1 fully saturated rings. The fraction of sp³-hybridized carbons (Fsp3) is 0.417. The summed E-state index contributed by atoms with van der Waals surface area (Å²) < 4.78 is 12.5. The predicted molar refractivity (Wildman–Crippen MR) is 66.2 cm³/mol. The molecule has 0 radical (unpaired) electrons. The van der Waals surface area contributed by atoms with Crippen LogP contribution in [0.2, 0.25) is 0 Å². The SMILES string of the molecule is CN1CCCNC1=O.Cc1ccc(N)c(F)c1. The fourth-order valence-corrected chi connectivity index (χ4v) is 1.38. The number of nitrogen functional groups attached to an aromatic ring is 1. The molecule has 0 bridgehead atoms. The van der Waals surface area contributed by atoms with E-state index in [4.69, 9.17) is 5.73 Å². The van der Waals surface area contributed by atoms with Crippen LogP contribution in [0.3, 0.4) is 0 Å². The van der Waals surface area contributed by atoms with E-state index in [0.717, 1.165) is 25.1 Å². The van der Waals surface area contributed by atoms with Gasteiger partial charge in [-0.1, -0.05) is 6.07 Å². The molecule has 1 aromatic carbocycles. The molecule has 0 aromatic heterocycles. The van der Waals surface area contributed by atoms with Crippen molar-refractivity contribution in [2.24, 2.45) is 0 Å². The number of amides is 2. The number of nitrogens with two attached hydrogens (primary N) is 1. The molecule has 1 heterocycles. The van der Waals surface area contributed by atoms with Crippen molar-refractivity contribution in [2.45, 2.75) is 13.3 Å². The molecule has 0 saturated carbocycles. The van der Waals surface area contributed by atoms with E-state index < -0.39 is 0 Å². The second-order valence-corrected chi connectivity index (χ2v) is 4.03. The average Bonchev–Trinajstić information content (AvgIpc) is 2.29. The minimum absolute atomic E-state index is 0.0521. The van der Waals surface area contributed by atoms with Gasteiger partial charge in [0.1, 0.15) is 5.82 Å². The third kappa shape index (κ3) is 4.30. The van der Waals surface area contributed by atoms with Crippen LogP contribution >= 0.6 is 0 Å². The summed E-state index contributed by atoms with van der Waals surface area (Å²) in [6.07, 6.45) is 1.07. The van der Waals surface area contributed by atoms with Gasteiger partial charge in [0.05, 0.1) is 5.69 Å². The molecule has 3 N–H and O–H groups in total. The quantitative estimate of drug-likeness (QED) is 0.678.